The van der Waals surface area contributed by atoms with E-state index in [1.807, 2.05) is 12.1 Å². The molecule has 138 valence electrons. The quantitative estimate of drug-likeness (QED) is 0.601. The van der Waals surface area contributed by atoms with E-state index >= 15 is 0 Å². The second-order valence-electron chi connectivity index (χ2n) is 5.48. The van der Waals surface area contributed by atoms with Crippen molar-refractivity contribution in [2.24, 2.45) is 5.73 Å². The van der Waals surface area contributed by atoms with Crippen molar-refractivity contribution in [3.63, 3.8) is 0 Å². The van der Waals surface area contributed by atoms with Crippen molar-refractivity contribution in [1.82, 2.24) is 0 Å². The maximum absolute atomic E-state index is 11.9. The highest BCUT2D eigenvalue weighted by molar-refractivity contribution is 5.66. The van der Waals surface area contributed by atoms with Gasteiger partial charge in [-0.3, -0.25) is 0 Å². The van der Waals surface area contributed by atoms with Crippen LogP contribution in [0.5, 0.6) is 5.75 Å². The molecule has 0 radical (unpaired) electrons. The van der Waals surface area contributed by atoms with E-state index in [0.717, 1.165) is 35.6 Å². The smallest absolute Gasteiger partial charge is 0.412 e. The standard InChI is InChI=1S/C11H16N2O.C8H9F3/c1-3-10-13(2)11-8(7-12)5-4-6-9(11)14-10;1-3-5-7(6-4-2)8(9,10)11/h4-6,10H,3,7,12H2,1-2H3;3-5H,1-2,6H2/b;7-5+. The van der Waals surface area contributed by atoms with Crippen LogP contribution in [0.25, 0.3) is 0 Å². The Morgan fingerprint density at radius 3 is 2.52 bits per heavy atom. The first-order valence-corrected chi connectivity index (χ1v) is 8.01. The number of halogens is 3. The van der Waals surface area contributed by atoms with Crippen molar-refractivity contribution < 1.29 is 17.9 Å². The fourth-order valence-corrected chi connectivity index (χ4v) is 2.53. The van der Waals surface area contributed by atoms with E-state index in [1.54, 1.807) is 0 Å². The molecule has 1 heterocycles. The molecule has 25 heavy (non-hydrogen) atoms. The minimum Gasteiger partial charge on any atom is -0.468 e. The highest BCUT2D eigenvalue weighted by Crippen LogP contribution is 2.39. The molecule has 0 saturated carbocycles. The van der Waals surface area contributed by atoms with Gasteiger partial charge in [0.25, 0.3) is 0 Å². The van der Waals surface area contributed by atoms with Gasteiger partial charge < -0.3 is 15.4 Å². The van der Waals surface area contributed by atoms with Crippen LogP contribution >= 0.6 is 0 Å². The molecule has 0 spiro atoms. The molecular weight excluding hydrogens is 329 g/mol. The topological polar surface area (TPSA) is 38.5 Å². The SMILES string of the molecule is C=C/C=C(\CC=C)C(F)(F)F.CCC1Oc2cccc(CN)c2N1C. The molecule has 6 heteroatoms. The van der Waals surface area contributed by atoms with E-state index < -0.39 is 11.7 Å². The van der Waals surface area contributed by atoms with Gasteiger partial charge in [0.1, 0.15) is 5.75 Å². The summed E-state index contributed by atoms with van der Waals surface area (Å²) >= 11 is 0. The Hall–Kier alpha value is -2.21. The predicted octanol–water partition coefficient (Wildman–Crippen LogP) is 4.95. The molecular formula is C19H25F3N2O. The highest BCUT2D eigenvalue weighted by atomic mass is 19.4. The van der Waals surface area contributed by atoms with Gasteiger partial charge in [-0.05, 0) is 18.1 Å². The third kappa shape index (κ3) is 5.39. The van der Waals surface area contributed by atoms with Crippen LogP contribution in [-0.4, -0.2) is 19.5 Å². The summed E-state index contributed by atoms with van der Waals surface area (Å²) in [6, 6.07) is 6.05. The molecule has 1 aliphatic rings. The van der Waals surface area contributed by atoms with E-state index in [4.69, 9.17) is 10.5 Å². The Kier molecular flexibility index (Phi) is 7.77. The molecule has 0 bridgehead atoms. The van der Waals surface area contributed by atoms with Gasteiger partial charge >= 0.3 is 6.18 Å². The number of para-hydroxylation sites is 1. The van der Waals surface area contributed by atoms with Gasteiger partial charge in [0.2, 0.25) is 0 Å². The molecule has 0 saturated heterocycles. The van der Waals surface area contributed by atoms with Gasteiger partial charge in [0.05, 0.1) is 5.69 Å². The molecule has 1 aromatic rings. The molecule has 1 unspecified atom stereocenters. The summed E-state index contributed by atoms with van der Waals surface area (Å²) in [6.07, 6.45) is -0.0121. The van der Waals surface area contributed by atoms with Crippen LogP contribution < -0.4 is 15.4 Å². The van der Waals surface area contributed by atoms with E-state index in [9.17, 15) is 13.2 Å². The molecule has 1 aromatic carbocycles. The molecule has 2 N–H and O–H groups in total. The third-order valence-electron chi connectivity index (χ3n) is 3.75. The summed E-state index contributed by atoms with van der Waals surface area (Å²) < 4.78 is 41.6. The summed E-state index contributed by atoms with van der Waals surface area (Å²) in [5, 5.41) is 0. The fourth-order valence-electron chi connectivity index (χ4n) is 2.53. The maximum Gasteiger partial charge on any atom is 0.412 e. The number of allylic oxidation sites excluding steroid dienone is 4. The van der Waals surface area contributed by atoms with Crippen LogP contribution in [0.2, 0.25) is 0 Å². The normalized spacial score (nSPS) is 16.5. The van der Waals surface area contributed by atoms with Crippen LogP contribution in [0.3, 0.4) is 0 Å². The third-order valence-corrected chi connectivity index (χ3v) is 3.75. The summed E-state index contributed by atoms with van der Waals surface area (Å²) in [4.78, 5) is 2.16. The number of hydrogen-bond acceptors (Lipinski definition) is 3. The van der Waals surface area contributed by atoms with Crippen LogP contribution in [0.1, 0.15) is 25.3 Å². The number of fused-ring (bicyclic) bond motifs is 1. The number of anilines is 1. The Morgan fingerprint density at radius 1 is 1.36 bits per heavy atom. The van der Waals surface area contributed by atoms with Crippen LogP contribution in [-0.2, 0) is 6.54 Å². The first kappa shape index (κ1) is 20.8. The molecule has 1 atom stereocenters. The minimum atomic E-state index is -4.26. The lowest BCUT2D eigenvalue weighted by Crippen LogP contribution is -2.30. The Balaban J connectivity index is 0.000000260. The lowest BCUT2D eigenvalue weighted by atomic mass is 10.1. The lowest BCUT2D eigenvalue weighted by molar-refractivity contribution is -0.0928. The first-order valence-electron chi connectivity index (χ1n) is 8.01. The van der Waals surface area contributed by atoms with Gasteiger partial charge in [-0.1, -0.05) is 43.9 Å². The Morgan fingerprint density at radius 2 is 2.04 bits per heavy atom. The maximum atomic E-state index is 11.9. The summed E-state index contributed by atoms with van der Waals surface area (Å²) in [5.41, 5.74) is 7.38. The summed E-state index contributed by atoms with van der Waals surface area (Å²) in [7, 11) is 2.05. The first-order chi connectivity index (χ1) is 11.8. The van der Waals surface area contributed by atoms with Crippen molar-refractivity contribution >= 4 is 5.69 Å². The van der Waals surface area contributed by atoms with Gasteiger partial charge in [-0.2, -0.15) is 13.2 Å². The minimum absolute atomic E-state index is 0.165. The average Bonchev–Trinajstić information content (AvgIpc) is 2.91. The van der Waals surface area contributed by atoms with Gasteiger partial charge in [-0.25, -0.2) is 0 Å². The zero-order chi connectivity index (χ0) is 19.0. The number of alkyl halides is 3. The van der Waals surface area contributed by atoms with Crippen molar-refractivity contribution in [2.45, 2.75) is 38.7 Å². The highest BCUT2D eigenvalue weighted by Gasteiger charge is 2.31. The summed E-state index contributed by atoms with van der Waals surface area (Å²) in [5.74, 6) is 0.960. The second-order valence-corrected chi connectivity index (χ2v) is 5.48. The Labute approximate surface area is 147 Å². The van der Waals surface area contributed by atoms with Gasteiger partial charge in [-0.15, -0.1) is 6.58 Å². The average molecular weight is 354 g/mol. The van der Waals surface area contributed by atoms with E-state index in [-0.39, 0.29) is 12.6 Å². The number of nitrogens with zero attached hydrogens (tertiary/aromatic N) is 1. The zero-order valence-electron chi connectivity index (χ0n) is 14.6. The van der Waals surface area contributed by atoms with Crippen LogP contribution in [0, 0.1) is 0 Å². The molecule has 3 nitrogen and oxygen atoms in total. The number of benzene rings is 1. The van der Waals surface area contributed by atoms with Crippen LogP contribution in [0.4, 0.5) is 18.9 Å². The molecule has 0 aromatic heterocycles. The van der Waals surface area contributed by atoms with Crippen molar-refractivity contribution in [1.29, 1.82) is 0 Å². The molecule has 2 rings (SSSR count). The van der Waals surface area contributed by atoms with Gasteiger partial charge in [0, 0.05) is 25.6 Å². The largest absolute Gasteiger partial charge is 0.468 e. The van der Waals surface area contributed by atoms with Gasteiger partial charge in [0.15, 0.2) is 6.23 Å². The zero-order valence-corrected chi connectivity index (χ0v) is 14.6. The summed E-state index contributed by atoms with van der Waals surface area (Å²) in [6.45, 7) is 9.09. The monoisotopic (exact) mass is 354 g/mol. The number of rotatable bonds is 5. The van der Waals surface area contributed by atoms with Crippen molar-refractivity contribution in [3.05, 3.63) is 60.7 Å². The van der Waals surface area contributed by atoms with Crippen LogP contribution in [0.15, 0.2) is 55.2 Å². The molecule has 0 amide bonds. The number of nitrogens with two attached hydrogens (primary N) is 1. The molecule has 0 aliphatic carbocycles. The van der Waals surface area contributed by atoms with E-state index in [0.29, 0.717) is 6.54 Å². The molecule has 1 aliphatic heterocycles. The van der Waals surface area contributed by atoms with E-state index in [2.05, 4.69) is 38.1 Å². The van der Waals surface area contributed by atoms with E-state index in [1.165, 1.54) is 6.08 Å². The number of hydrogen-bond donors (Lipinski definition) is 1. The predicted molar refractivity (Wildman–Crippen MR) is 96.6 cm³/mol. The lowest BCUT2D eigenvalue weighted by Gasteiger charge is -2.19. The Bertz CT molecular complexity index is 624. The second kappa shape index (κ2) is 9.32. The van der Waals surface area contributed by atoms with Crippen molar-refractivity contribution in [3.8, 4) is 5.75 Å². The molecule has 0 fully saturated rings. The van der Waals surface area contributed by atoms with Crippen molar-refractivity contribution in [2.75, 3.05) is 11.9 Å². The fraction of sp³-hybridized carbons (Fsp3) is 0.368. The number of ether oxygens (including phenoxy) is 1.